The summed E-state index contributed by atoms with van der Waals surface area (Å²) in [6, 6.07) is 0. The summed E-state index contributed by atoms with van der Waals surface area (Å²) in [6.45, 7) is 0.546. The first-order valence-corrected chi connectivity index (χ1v) is 3.08. The molecule has 2 amide bonds. The zero-order valence-corrected chi connectivity index (χ0v) is 5.28. The normalized spacial score (nSPS) is 22.8. The maximum Gasteiger partial charge on any atom is 0.254 e. The molecule has 0 radical (unpaired) electrons. The third-order valence-electron chi connectivity index (χ3n) is 1.63. The molecule has 0 saturated carbocycles. The Kier molecular flexibility index (Phi) is 0.869. The van der Waals surface area contributed by atoms with Gasteiger partial charge >= 0.3 is 0 Å². The van der Waals surface area contributed by atoms with Crippen LogP contribution in [0.5, 0.6) is 0 Å². The minimum Gasteiger partial charge on any atom is -0.272 e. The number of hydrogen-bond acceptors (Lipinski definition) is 2. The van der Waals surface area contributed by atoms with Gasteiger partial charge in [-0.05, 0) is 6.08 Å². The highest BCUT2D eigenvalue weighted by Gasteiger charge is 2.35. The van der Waals surface area contributed by atoms with Gasteiger partial charge in [0.15, 0.2) is 0 Å². The maximum absolute atomic E-state index is 10.9. The van der Waals surface area contributed by atoms with Crippen molar-refractivity contribution < 1.29 is 9.59 Å². The van der Waals surface area contributed by atoms with E-state index in [9.17, 15) is 9.59 Å². The van der Waals surface area contributed by atoms with Crippen molar-refractivity contribution in [3.05, 3.63) is 12.3 Å². The highest BCUT2D eigenvalue weighted by molar-refractivity contribution is 6.03. The van der Waals surface area contributed by atoms with Gasteiger partial charge in [0.1, 0.15) is 6.42 Å². The third kappa shape index (κ3) is 0.504. The van der Waals surface area contributed by atoms with Crippen LogP contribution in [0, 0.1) is 0 Å². The first-order valence-electron chi connectivity index (χ1n) is 3.08. The molecule has 0 spiro atoms. The van der Waals surface area contributed by atoms with Gasteiger partial charge < -0.3 is 0 Å². The van der Waals surface area contributed by atoms with E-state index >= 15 is 0 Å². The summed E-state index contributed by atoms with van der Waals surface area (Å²) in [7, 11) is 0. The van der Waals surface area contributed by atoms with Crippen molar-refractivity contribution in [3.63, 3.8) is 0 Å². The molecule has 2 heterocycles. The quantitative estimate of drug-likeness (QED) is 0.423. The molecule has 2 rings (SSSR count). The van der Waals surface area contributed by atoms with E-state index < -0.39 is 0 Å². The van der Waals surface area contributed by atoms with Gasteiger partial charge in [-0.2, -0.15) is 0 Å². The fourth-order valence-corrected chi connectivity index (χ4v) is 1.16. The molecular formula is C6H6N2O2. The van der Waals surface area contributed by atoms with E-state index in [0.29, 0.717) is 6.54 Å². The number of hydrazine groups is 1. The Labute approximate surface area is 57.7 Å². The molecule has 0 aliphatic carbocycles. The Morgan fingerprint density at radius 2 is 2.10 bits per heavy atom. The zero-order chi connectivity index (χ0) is 7.14. The lowest BCUT2D eigenvalue weighted by atomic mass is 10.4. The van der Waals surface area contributed by atoms with Crippen LogP contribution >= 0.6 is 0 Å². The highest BCUT2D eigenvalue weighted by Crippen LogP contribution is 2.17. The molecule has 2 aliphatic rings. The summed E-state index contributed by atoms with van der Waals surface area (Å²) in [4.78, 5) is 21.8. The summed E-state index contributed by atoms with van der Waals surface area (Å²) in [5.74, 6) is -0.228. The monoisotopic (exact) mass is 138 g/mol. The van der Waals surface area contributed by atoms with Crippen molar-refractivity contribution in [2.24, 2.45) is 0 Å². The lowest BCUT2D eigenvalue weighted by Crippen LogP contribution is -2.32. The van der Waals surface area contributed by atoms with E-state index in [4.69, 9.17) is 0 Å². The third-order valence-corrected chi connectivity index (χ3v) is 1.63. The van der Waals surface area contributed by atoms with E-state index in [2.05, 4.69) is 0 Å². The smallest absolute Gasteiger partial charge is 0.254 e. The average Bonchev–Trinajstić information content (AvgIpc) is 2.39. The van der Waals surface area contributed by atoms with Crippen LogP contribution in [0.25, 0.3) is 0 Å². The number of nitrogens with zero attached hydrogens (tertiary/aromatic N) is 2. The number of fused-ring (bicyclic) bond motifs is 1. The topological polar surface area (TPSA) is 40.6 Å². The van der Waals surface area contributed by atoms with Crippen molar-refractivity contribution in [1.29, 1.82) is 0 Å². The fraction of sp³-hybridized carbons (Fsp3) is 0.333. The van der Waals surface area contributed by atoms with Crippen molar-refractivity contribution in [2.75, 3.05) is 6.54 Å². The number of hydrogen-bond donors (Lipinski definition) is 0. The van der Waals surface area contributed by atoms with Crippen LogP contribution in [0.2, 0.25) is 0 Å². The molecule has 0 bridgehead atoms. The van der Waals surface area contributed by atoms with Gasteiger partial charge in [0.2, 0.25) is 0 Å². The minimum absolute atomic E-state index is 0.0321. The largest absolute Gasteiger partial charge is 0.272 e. The molecule has 2 aliphatic heterocycles. The predicted molar refractivity (Wildman–Crippen MR) is 32.3 cm³/mol. The molecule has 0 aromatic carbocycles. The van der Waals surface area contributed by atoms with Crippen molar-refractivity contribution in [1.82, 2.24) is 10.0 Å². The molecule has 0 N–H and O–H groups in total. The van der Waals surface area contributed by atoms with E-state index in [1.165, 1.54) is 10.0 Å². The Morgan fingerprint density at radius 3 is 2.80 bits per heavy atom. The van der Waals surface area contributed by atoms with Crippen LogP contribution < -0.4 is 0 Å². The molecule has 4 heteroatoms. The Bertz CT molecular complexity index is 234. The Morgan fingerprint density at radius 1 is 1.30 bits per heavy atom. The van der Waals surface area contributed by atoms with Crippen LogP contribution in [0.3, 0.4) is 0 Å². The molecule has 52 valence electrons. The lowest BCUT2D eigenvalue weighted by Gasteiger charge is -2.16. The standard InChI is InChI=1S/C6H6N2O2/c9-5-4-6(10)8-3-1-2-7(5)8/h1-2H,3-4H2. The lowest BCUT2D eigenvalue weighted by molar-refractivity contribution is -0.138. The summed E-state index contributed by atoms with van der Waals surface area (Å²) in [5, 5.41) is 2.80. The van der Waals surface area contributed by atoms with Crippen LogP contribution in [0.15, 0.2) is 12.3 Å². The second-order valence-corrected chi connectivity index (χ2v) is 2.28. The SMILES string of the molecule is O=C1CC(=O)N2CC=CN12. The summed E-state index contributed by atoms with van der Waals surface area (Å²) >= 11 is 0. The molecule has 0 atom stereocenters. The van der Waals surface area contributed by atoms with Gasteiger partial charge in [-0.3, -0.25) is 9.59 Å². The van der Waals surface area contributed by atoms with Gasteiger partial charge in [0, 0.05) is 6.20 Å². The van der Waals surface area contributed by atoms with Crippen LogP contribution in [-0.4, -0.2) is 28.4 Å². The molecule has 1 saturated heterocycles. The first kappa shape index (κ1) is 5.46. The predicted octanol–water partition coefficient (Wildman–Crippen LogP) is -0.510. The second kappa shape index (κ2) is 1.59. The van der Waals surface area contributed by atoms with E-state index in [1.807, 2.05) is 0 Å². The number of amides is 2. The second-order valence-electron chi connectivity index (χ2n) is 2.28. The van der Waals surface area contributed by atoms with Gasteiger partial charge in [-0.25, -0.2) is 10.0 Å². The van der Waals surface area contributed by atoms with Crippen LogP contribution in [-0.2, 0) is 9.59 Å². The maximum atomic E-state index is 10.9. The Hall–Kier alpha value is -1.32. The van der Waals surface area contributed by atoms with Crippen molar-refractivity contribution in [3.8, 4) is 0 Å². The summed E-state index contributed by atoms with van der Waals surface area (Å²) in [5.41, 5.74) is 0. The molecule has 0 unspecified atom stereocenters. The fourth-order valence-electron chi connectivity index (χ4n) is 1.16. The molecule has 0 aromatic heterocycles. The van der Waals surface area contributed by atoms with E-state index in [1.54, 1.807) is 12.3 Å². The Balaban J connectivity index is 2.33. The van der Waals surface area contributed by atoms with Crippen LogP contribution in [0.1, 0.15) is 6.42 Å². The van der Waals surface area contributed by atoms with Gasteiger partial charge in [-0.1, -0.05) is 0 Å². The molecule has 0 aromatic rings. The average molecular weight is 138 g/mol. The first-order chi connectivity index (χ1) is 4.79. The van der Waals surface area contributed by atoms with E-state index in [0.717, 1.165) is 0 Å². The molecular weight excluding hydrogens is 132 g/mol. The zero-order valence-electron chi connectivity index (χ0n) is 5.28. The van der Waals surface area contributed by atoms with Crippen molar-refractivity contribution in [2.45, 2.75) is 6.42 Å². The molecule has 1 fully saturated rings. The minimum atomic E-state index is -0.126. The summed E-state index contributed by atoms with van der Waals surface area (Å²) in [6.07, 6.45) is 3.45. The molecule has 4 nitrogen and oxygen atoms in total. The highest BCUT2D eigenvalue weighted by atomic mass is 16.2. The summed E-state index contributed by atoms with van der Waals surface area (Å²) < 4.78 is 0. The number of carbonyl (C=O) groups excluding carboxylic acids is 2. The number of rotatable bonds is 0. The van der Waals surface area contributed by atoms with Gasteiger partial charge in [0.05, 0.1) is 6.54 Å². The van der Waals surface area contributed by atoms with Crippen LogP contribution in [0.4, 0.5) is 0 Å². The van der Waals surface area contributed by atoms with Gasteiger partial charge in [-0.15, -0.1) is 0 Å². The van der Waals surface area contributed by atoms with Gasteiger partial charge in [0.25, 0.3) is 11.8 Å². The number of carbonyl (C=O) groups is 2. The molecule has 10 heavy (non-hydrogen) atoms. The van der Waals surface area contributed by atoms with Crippen molar-refractivity contribution >= 4 is 11.8 Å². The van der Waals surface area contributed by atoms with E-state index in [-0.39, 0.29) is 18.2 Å².